The quantitative estimate of drug-likeness (QED) is 0.695. The molecule has 0 fully saturated rings. The number of hydrogen-bond acceptors (Lipinski definition) is 5. The topological polar surface area (TPSA) is 68.0 Å². The van der Waals surface area contributed by atoms with Gasteiger partial charge in [0.05, 0.1) is 10.6 Å². The first kappa shape index (κ1) is 15.0. The minimum Gasteiger partial charge on any atom is -0.460 e. The Kier molecular flexibility index (Phi) is 4.15. The van der Waals surface area contributed by atoms with E-state index >= 15 is 0 Å². The van der Waals surface area contributed by atoms with Crippen molar-refractivity contribution < 1.29 is 9.21 Å². The Balaban J connectivity index is 1.77. The predicted molar refractivity (Wildman–Crippen MR) is 86.8 cm³/mol. The molecule has 0 saturated carbocycles. The summed E-state index contributed by atoms with van der Waals surface area (Å²) in [5.74, 6) is 1.10. The van der Waals surface area contributed by atoms with Crippen molar-refractivity contribution in [1.29, 1.82) is 0 Å². The number of amides is 1. The summed E-state index contributed by atoms with van der Waals surface area (Å²) < 4.78 is 5.49. The Morgan fingerprint density at radius 1 is 1.36 bits per heavy atom. The first-order chi connectivity index (χ1) is 10.5. The lowest BCUT2D eigenvalue weighted by atomic mass is 10.3. The largest absolute Gasteiger partial charge is 0.460 e. The van der Waals surface area contributed by atoms with Gasteiger partial charge in [0.2, 0.25) is 0 Å². The van der Waals surface area contributed by atoms with Gasteiger partial charge in [-0.1, -0.05) is 23.2 Å². The Morgan fingerprint density at radius 2 is 2.18 bits per heavy atom. The fraction of sp³-hybridized carbons (Fsp3) is 0.0714. The lowest BCUT2D eigenvalue weighted by molar-refractivity contribution is 0.102. The van der Waals surface area contributed by atoms with E-state index in [2.05, 4.69) is 15.3 Å². The van der Waals surface area contributed by atoms with Crippen molar-refractivity contribution in [1.82, 2.24) is 9.97 Å². The first-order valence-corrected chi connectivity index (χ1v) is 7.81. The number of pyridine rings is 1. The van der Waals surface area contributed by atoms with Crippen molar-refractivity contribution in [3.05, 3.63) is 51.3 Å². The molecule has 22 heavy (non-hydrogen) atoms. The third-order valence-corrected chi connectivity index (χ3v) is 4.22. The molecule has 3 aromatic rings. The monoisotopic (exact) mass is 353 g/mol. The number of nitrogens with zero attached hydrogens (tertiary/aromatic N) is 2. The summed E-state index contributed by atoms with van der Waals surface area (Å²) >= 11 is 12.9. The summed E-state index contributed by atoms with van der Waals surface area (Å²) in [7, 11) is 0. The maximum Gasteiger partial charge on any atom is 0.259 e. The van der Waals surface area contributed by atoms with Crippen LogP contribution in [0, 0.1) is 6.92 Å². The fourth-order valence-corrected chi connectivity index (χ4v) is 2.70. The van der Waals surface area contributed by atoms with Crippen LogP contribution in [0.3, 0.4) is 0 Å². The molecule has 0 spiro atoms. The molecule has 0 aliphatic heterocycles. The number of nitrogens with one attached hydrogen (secondary N) is 1. The average molecular weight is 354 g/mol. The van der Waals surface area contributed by atoms with Crippen LogP contribution in [0.5, 0.6) is 0 Å². The second-order valence-corrected chi connectivity index (χ2v) is 6.02. The standard InChI is InChI=1S/C14H9Cl2N3O2S/c1-7-2-3-11(21-7)10-6-22-14(18-10)19-13(20)8-4-9(15)12(16)17-5-8/h2-6H,1H3,(H,18,19,20). The predicted octanol–water partition coefficient (Wildman–Crippen LogP) is 4.67. The van der Waals surface area contributed by atoms with Gasteiger partial charge in [-0.05, 0) is 25.1 Å². The number of rotatable bonds is 3. The summed E-state index contributed by atoms with van der Waals surface area (Å²) in [6.07, 6.45) is 1.36. The summed E-state index contributed by atoms with van der Waals surface area (Å²) in [6, 6.07) is 5.14. The number of hydrogen-bond donors (Lipinski definition) is 1. The van der Waals surface area contributed by atoms with Crippen molar-refractivity contribution in [2.45, 2.75) is 6.92 Å². The van der Waals surface area contributed by atoms with Crippen molar-refractivity contribution in [2.24, 2.45) is 0 Å². The van der Waals surface area contributed by atoms with Crippen molar-refractivity contribution in [3.8, 4) is 11.5 Å². The summed E-state index contributed by atoms with van der Waals surface area (Å²) in [5.41, 5.74) is 0.973. The Labute approximate surface area is 139 Å². The molecule has 1 amide bonds. The molecule has 0 radical (unpaired) electrons. The van der Waals surface area contributed by atoms with E-state index in [-0.39, 0.29) is 16.1 Å². The summed E-state index contributed by atoms with van der Waals surface area (Å²) in [5, 5.41) is 5.33. The molecule has 1 N–H and O–H groups in total. The molecule has 3 rings (SSSR count). The van der Waals surface area contributed by atoms with Gasteiger partial charge in [-0.3, -0.25) is 10.1 Å². The van der Waals surface area contributed by atoms with Crippen molar-refractivity contribution in [3.63, 3.8) is 0 Å². The van der Waals surface area contributed by atoms with Crippen LogP contribution in [-0.2, 0) is 0 Å². The molecule has 112 valence electrons. The second kappa shape index (κ2) is 6.08. The van der Waals surface area contributed by atoms with E-state index in [0.29, 0.717) is 22.1 Å². The van der Waals surface area contributed by atoms with Crippen LogP contribution in [-0.4, -0.2) is 15.9 Å². The van der Waals surface area contributed by atoms with Crippen molar-refractivity contribution in [2.75, 3.05) is 5.32 Å². The summed E-state index contributed by atoms with van der Waals surface area (Å²) in [6.45, 7) is 1.86. The van der Waals surface area contributed by atoms with E-state index < -0.39 is 0 Å². The molecule has 0 aliphatic carbocycles. The van der Waals surface area contributed by atoms with Crippen LogP contribution in [0.2, 0.25) is 10.2 Å². The van der Waals surface area contributed by atoms with Crippen LogP contribution in [0.15, 0.2) is 34.2 Å². The molecule has 0 bridgehead atoms. The smallest absolute Gasteiger partial charge is 0.259 e. The zero-order chi connectivity index (χ0) is 15.7. The highest BCUT2D eigenvalue weighted by molar-refractivity contribution is 7.14. The Morgan fingerprint density at radius 3 is 2.86 bits per heavy atom. The molecule has 0 saturated heterocycles. The number of aryl methyl sites for hydroxylation is 1. The zero-order valence-corrected chi connectivity index (χ0v) is 13.6. The van der Waals surface area contributed by atoms with Gasteiger partial charge in [0, 0.05) is 11.6 Å². The van der Waals surface area contributed by atoms with Crippen LogP contribution < -0.4 is 5.32 Å². The number of carbonyl (C=O) groups is 1. The normalized spacial score (nSPS) is 10.7. The average Bonchev–Trinajstić information content (AvgIpc) is 3.10. The number of aromatic nitrogens is 2. The third kappa shape index (κ3) is 3.14. The van der Waals surface area contributed by atoms with Gasteiger partial charge in [-0.25, -0.2) is 9.97 Å². The lowest BCUT2D eigenvalue weighted by Gasteiger charge is -2.02. The van der Waals surface area contributed by atoms with Gasteiger partial charge >= 0.3 is 0 Å². The second-order valence-electron chi connectivity index (χ2n) is 4.40. The van der Waals surface area contributed by atoms with E-state index in [4.69, 9.17) is 27.6 Å². The van der Waals surface area contributed by atoms with Crippen LogP contribution in [0.25, 0.3) is 11.5 Å². The van der Waals surface area contributed by atoms with E-state index in [9.17, 15) is 4.79 Å². The van der Waals surface area contributed by atoms with Crippen molar-refractivity contribution >= 4 is 45.6 Å². The van der Waals surface area contributed by atoms with Gasteiger partial charge in [-0.15, -0.1) is 11.3 Å². The van der Waals surface area contributed by atoms with Crippen LogP contribution in [0.1, 0.15) is 16.1 Å². The van der Waals surface area contributed by atoms with Gasteiger partial charge in [0.15, 0.2) is 10.9 Å². The number of thiazole rings is 1. The number of carbonyl (C=O) groups excluding carboxylic acids is 1. The lowest BCUT2D eigenvalue weighted by Crippen LogP contribution is -2.12. The summed E-state index contributed by atoms with van der Waals surface area (Å²) in [4.78, 5) is 20.3. The molecule has 0 unspecified atom stereocenters. The zero-order valence-electron chi connectivity index (χ0n) is 11.3. The number of furan rings is 1. The Bertz CT molecular complexity index is 844. The van der Waals surface area contributed by atoms with E-state index in [0.717, 1.165) is 5.76 Å². The molecule has 3 heterocycles. The van der Waals surface area contributed by atoms with Gasteiger partial charge in [0.25, 0.3) is 5.91 Å². The van der Waals surface area contributed by atoms with E-state index in [1.165, 1.54) is 23.6 Å². The first-order valence-electron chi connectivity index (χ1n) is 6.17. The minimum absolute atomic E-state index is 0.156. The highest BCUT2D eigenvalue weighted by atomic mass is 35.5. The van der Waals surface area contributed by atoms with Crippen LogP contribution >= 0.6 is 34.5 Å². The van der Waals surface area contributed by atoms with Gasteiger partial charge in [0.1, 0.15) is 16.6 Å². The molecular formula is C14H9Cl2N3O2S. The number of halogens is 2. The highest BCUT2D eigenvalue weighted by Gasteiger charge is 2.13. The third-order valence-electron chi connectivity index (χ3n) is 2.78. The van der Waals surface area contributed by atoms with Gasteiger partial charge in [-0.2, -0.15) is 0 Å². The van der Waals surface area contributed by atoms with E-state index in [1.54, 1.807) is 5.38 Å². The maximum atomic E-state index is 12.1. The fourth-order valence-electron chi connectivity index (χ4n) is 1.73. The van der Waals surface area contributed by atoms with Gasteiger partial charge < -0.3 is 4.42 Å². The molecule has 3 aromatic heterocycles. The molecule has 8 heteroatoms. The SMILES string of the molecule is Cc1ccc(-c2csc(NC(=O)c3cnc(Cl)c(Cl)c3)n2)o1. The molecular weight excluding hydrogens is 345 g/mol. The Hall–Kier alpha value is -1.89. The number of anilines is 1. The minimum atomic E-state index is -0.359. The maximum absolute atomic E-state index is 12.1. The molecule has 5 nitrogen and oxygen atoms in total. The molecule has 0 aliphatic rings. The molecule has 0 aromatic carbocycles. The van der Waals surface area contributed by atoms with E-state index in [1.807, 2.05) is 19.1 Å². The molecule has 0 atom stereocenters. The van der Waals surface area contributed by atoms with Crippen LogP contribution in [0.4, 0.5) is 5.13 Å². The highest BCUT2D eigenvalue weighted by Crippen LogP contribution is 2.27.